The number of ketones is 1. The van der Waals surface area contributed by atoms with E-state index >= 15 is 0 Å². The van der Waals surface area contributed by atoms with Crippen LogP contribution in [0.4, 0.5) is 0 Å². The van der Waals surface area contributed by atoms with Gasteiger partial charge in [-0.05, 0) is 17.7 Å². The number of hydrogen-bond acceptors (Lipinski definition) is 5. The first kappa shape index (κ1) is 12.5. The van der Waals surface area contributed by atoms with Crippen LogP contribution >= 0.6 is 0 Å². The number of benzene rings is 1. The number of hydrogen-bond donors (Lipinski definition) is 2. The van der Waals surface area contributed by atoms with Crippen molar-refractivity contribution in [1.29, 1.82) is 0 Å². The number of nitrogens with two attached hydrogens (primary N) is 1. The first-order valence-corrected chi connectivity index (χ1v) is 6.24. The van der Waals surface area contributed by atoms with Crippen LogP contribution in [0.1, 0.15) is 15.9 Å². The third kappa shape index (κ3) is 2.08. The second kappa shape index (κ2) is 4.86. The zero-order chi connectivity index (χ0) is 14.1. The first-order chi connectivity index (χ1) is 9.69. The highest BCUT2D eigenvalue weighted by Gasteiger charge is 2.20. The summed E-state index contributed by atoms with van der Waals surface area (Å²) in [6, 6.07) is 7.11. The second-order valence-corrected chi connectivity index (χ2v) is 4.58. The van der Waals surface area contributed by atoms with Crippen molar-refractivity contribution in [3.63, 3.8) is 0 Å². The Kier molecular flexibility index (Phi) is 3.04. The molecule has 1 aliphatic rings. The molecule has 0 radical (unpaired) electrons. The number of fused-ring (bicyclic) bond motifs is 1. The Morgan fingerprint density at radius 2 is 2.00 bits per heavy atom. The fourth-order valence-corrected chi connectivity index (χ4v) is 2.30. The van der Waals surface area contributed by atoms with Crippen molar-refractivity contribution in [2.24, 2.45) is 10.7 Å². The highest BCUT2D eigenvalue weighted by Crippen LogP contribution is 2.26. The fraction of sp³-hybridized carbons (Fsp3) is 0.133. The Balaban J connectivity index is 2.14. The molecule has 2 heterocycles. The molecule has 3 N–H and O–H groups in total. The molecule has 5 heteroatoms. The highest BCUT2D eigenvalue weighted by atomic mass is 16.3. The van der Waals surface area contributed by atoms with E-state index in [4.69, 9.17) is 5.73 Å². The van der Waals surface area contributed by atoms with Crippen LogP contribution in [0.3, 0.4) is 0 Å². The van der Waals surface area contributed by atoms with E-state index in [2.05, 4.69) is 9.98 Å². The third-order valence-corrected chi connectivity index (χ3v) is 3.29. The van der Waals surface area contributed by atoms with Gasteiger partial charge in [0.15, 0.2) is 5.78 Å². The van der Waals surface area contributed by atoms with Gasteiger partial charge in [-0.1, -0.05) is 12.1 Å². The lowest BCUT2D eigenvalue weighted by molar-refractivity contribution is 0.1000. The predicted molar refractivity (Wildman–Crippen MR) is 76.1 cm³/mol. The molecule has 1 aliphatic heterocycles. The summed E-state index contributed by atoms with van der Waals surface area (Å²) in [5.41, 5.74) is 9.48. The van der Waals surface area contributed by atoms with Gasteiger partial charge in [0.1, 0.15) is 12.3 Å². The highest BCUT2D eigenvalue weighted by molar-refractivity contribution is 6.16. The predicted octanol–water partition coefficient (Wildman–Crippen LogP) is 1.40. The molecule has 0 saturated heterocycles. The van der Waals surface area contributed by atoms with E-state index in [1.54, 1.807) is 18.3 Å². The van der Waals surface area contributed by atoms with E-state index in [9.17, 15) is 9.90 Å². The summed E-state index contributed by atoms with van der Waals surface area (Å²) in [7, 11) is 0. The quantitative estimate of drug-likeness (QED) is 0.860. The molecule has 0 aliphatic carbocycles. The van der Waals surface area contributed by atoms with Crippen LogP contribution in [0.15, 0.2) is 41.7 Å². The van der Waals surface area contributed by atoms with Gasteiger partial charge in [-0.25, -0.2) is 0 Å². The molecule has 1 aromatic carbocycles. The number of carbonyl (C=O) groups is 1. The summed E-state index contributed by atoms with van der Waals surface area (Å²) in [5, 5.41) is 9.49. The Hall–Kier alpha value is -2.53. The summed E-state index contributed by atoms with van der Waals surface area (Å²) in [5.74, 6) is 0.0989. The van der Waals surface area contributed by atoms with Gasteiger partial charge in [0.2, 0.25) is 0 Å². The van der Waals surface area contributed by atoms with Crippen LogP contribution in [-0.2, 0) is 0 Å². The summed E-state index contributed by atoms with van der Waals surface area (Å²) < 4.78 is 0. The topological polar surface area (TPSA) is 88.6 Å². The van der Waals surface area contributed by atoms with Crippen molar-refractivity contribution in [1.82, 2.24) is 4.98 Å². The van der Waals surface area contributed by atoms with Gasteiger partial charge in [-0.3, -0.25) is 14.8 Å². The number of nitrogens with zero attached hydrogens (tertiary/aromatic N) is 2. The van der Waals surface area contributed by atoms with Gasteiger partial charge < -0.3 is 10.8 Å². The number of Topliss-reactive ketones (excluding diaryl/α,β-unsaturated/α-hetero) is 1. The average Bonchev–Trinajstić information content (AvgIpc) is 2.47. The van der Waals surface area contributed by atoms with Gasteiger partial charge in [-0.15, -0.1) is 0 Å². The van der Waals surface area contributed by atoms with Crippen molar-refractivity contribution in [2.45, 2.75) is 0 Å². The number of carbonyl (C=O) groups excluding carboxylic acids is 1. The Bertz CT molecular complexity index is 723. The van der Waals surface area contributed by atoms with E-state index in [1.807, 2.05) is 12.1 Å². The zero-order valence-corrected chi connectivity index (χ0v) is 10.7. The maximum Gasteiger partial charge on any atom is 0.184 e. The van der Waals surface area contributed by atoms with Crippen LogP contribution in [0.2, 0.25) is 0 Å². The summed E-state index contributed by atoms with van der Waals surface area (Å²) in [6.45, 7) is 0.453. The van der Waals surface area contributed by atoms with E-state index in [-0.39, 0.29) is 18.1 Å². The molecular formula is C15H13N3O2. The lowest BCUT2D eigenvalue weighted by Crippen LogP contribution is -2.24. The largest absolute Gasteiger partial charge is 0.506 e. The van der Waals surface area contributed by atoms with E-state index in [0.717, 1.165) is 22.4 Å². The third-order valence-electron chi connectivity index (χ3n) is 3.29. The fourth-order valence-electron chi connectivity index (χ4n) is 2.30. The maximum absolute atomic E-state index is 11.8. The SMILES string of the molecule is NCC1=NCC(=O)c2ccc(-c3cncc(O)c3)cc21. The van der Waals surface area contributed by atoms with E-state index < -0.39 is 0 Å². The molecule has 0 amide bonds. The van der Waals surface area contributed by atoms with E-state index in [1.165, 1.54) is 6.20 Å². The van der Waals surface area contributed by atoms with Crippen molar-refractivity contribution >= 4 is 11.5 Å². The minimum Gasteiger partial charge on any atom is -0.506 e. The lowest BCUT2D eigenvalue weighted by Gasteiger charge is -2.16. The number of rotatable bonds is 2. The number of pyridine rings is 1. The molecule has 0 atom stereocenters. The standard InChI is InChI=1S/C15H13N3O2/c16-5-14-13-4-9(10-3-11(19)7-17-6-10)1-2-12(13)15(20)8-18-14/h1-4,6-7,19H,5,8,16H2. The van der Waals surface area contributed by atoms with Crippen LogP contribution < -0.4 is 5.73 Å². The van der Waals surface area contributed by atoms with Gasteiger partial charge in [0.25, 0.3) is 0 Å². The molecule has 0 fully saturated rings. The molecule has 5 nitrogen and oxygen atoms in total. The molecule has 20 heavy (non-hydrogen) atoms. The Labute approximate surface area is 115 Å². The Morgan fingerprint density at radius 3 is 2.75 bits per heavy atom. The summed E-state index contributed by atoms with van der Waals surface area (Å²) in [4.78, 5) is 20.0. The van der Waals surface area contributed by atoms with Crippen molar-refractivity contribution in [3.8, 4) is 16.9 Å². The van der Waals surface area contributed by atoms with Gasteiger partial charge in [-0.2, -0.15) is 0 Å². The molecule has 3 rings (SSSR count). The monoisotopic (exact) mass is 267 g/mol. The summed E-state index contributed by atoms with van der Waals surface area (Å²) >= 11 is 0. The zero-order valence-electron chi connectivity index (χ0n) is 10.7. The normalized spacial score (nSPS) is 13.8. The van der Waals surface area contributed by atoms with Crippen LogP contribution in [0.25, 0.3) is 11.1 Å². The van der Waals surface area contributed by atoms with Gasteiger partial charge in [0, 0.05) is 29.4 Å². The molecule has 0 saturated carbocycles. The Morgan fingerprint density at radius 1 is 1.15 bits per heavy atom. The van der Waals surface area contributed by atoms with Crippen LogP contribution in [0, 0.1) is 0 Å². The second-order valence-electron chi connectivity index (χ2n) is 4.58. The molecule has 0 unspecified atom stereocenters. The van der Waals surface area contributed by atoms with Crippen LogP contribution in [-0.4, -0.2) is 34.7 Å². The minimum absolute atomic E-state index is 0.00205. The van der Waals surface area contributed by atoms with Crippen molar-refractivity contribution in [2.75, 3.05) is 13.1 Å². The number of aliphatic imine (C=N–C) groups is 1. The molecular weight excluding hydrogens is 254 g/mol. The number of aromatic nitrogens is 1. The molecule has 1 aromatic heterocycles. The first-order valence-electron chi connectivity index (χ1n) is 6.24. The van der Waals surface area contributed by atoms with Crippen molar-refractivity contribution in [3.05, 3.63) is 47.8 Å². The average molecular weight is 267 g/mol. The smallest absolute Gasteiger partial charge is 0.184 e. The summed E-state index contributed by atoms with van der Waals surface area (Å²) in [6.07, 6.45) is 3.03. The molecule has 0 bridgehead atoms. The molecule has 0 spiro atoms. The van der Waals surface area contributed by atoms with Gasteiger partial charge >= 0.3 is 0 Å². The molecule has 2 aromatic rings. The van der Waals surface area contributed by atoms with Gasteiger partial charge in [0.05, 0.1) is 11.9 Å². The van der Waals surface area contributed by atoms with Crippen molar-refractivity contribution < 1.29 is 9.90 Å². The maximum atomic E-state index is 11.8. The lowest BCUT2D eigenvalue weighted by atomic mass is 9.93. The van der Waals surface area contributed by atoms with E-state index in [0.29, 0.717) is 12.1 Å². The molecule has 100 valence electrons. The number of aromatic hydroxyl groups is 1. The van der Waals surface area contributed by atoms with Crippen LogP contribution in [0.5, 0.6) is 5.75 Å². The minimum atomic E-state index is -0.00205.